The number of ketones is 2. The number of rotatable bonds is 3. The van der Waals surface area contributed by atoms with Gasteiger partial charge in [-0.15, -0.1) is 0 Å². The van der Waals surface area contributed by atoms with E-state index >= 15 is 0 Å². The minimum atomic E-state index is -0.164. The van der Waals surface area contributed by atoms with E-state index in [1.807, 2.05) is 6.92 Å². The summed E-state index contributed by atoms with van der Waals surface area (Å²) in [6.07, 6.45) is 1.61. The topological polar surface area (TPSA) is 43.4 Å². The van der Waals surface area contributed by atoms with Gasteiger partial charge in [0.15, 0.2) is 11.6 Å². The summed E-state index contributed by atoms with van der Waals surface area (Å²) in [5.74, 6) is 0.173. The molecule has 0 saturated carbocycles. The van der Waals surface area contributed by atoms with E-state index in [-0.39, 0.29) is 11.6 Å². The van der Waals surface area contributed by atoms with E-state index in [9.17, 15) is 9.59 Å². The van der Waals surface area contributed by atoms with Crippen molar-refractivity contribution in [2.45, 2.75) is 6.92 Å². The Morgan fingerprint density at radius 1 is 1.00 bits per heavy atom. The van der Waals surface area contributed by atoms with Crippen molar-refractivity contribution in [3.05, 3.63) is 76.9 Å². The van der Waals surface area contributed by atoms with Crippen LogP contribution in [0.15, 0.2) is 49.1 Å². The van der Waals surface area contributed by atoms with Crippen LogP contribution in [0.5, 0.6) is 5.75 Å². The van der Waals surface area contributed by atoms with Crippen LogP contribution >= 0.6 is 0 Å². The molecule has 3 nitrogen and oxygen atoms in total. The van der Waals surface area contributed by atoms with Gasteiger partial charge in [-0.25, -0.2) is 0 Å². The molecule has 0 fully saturated rings. The molecular formula is C18H14O3. The second-order valence-corrected chi connectivity index (χ2v) is 4.94. The quantitative estimate of drug-likeness (QED) is 0.690. The van der Waals surface area contributed by atoms with E-state index in [4.69, 9.17) is 4.74 Å². The van der Waals surface area contributed by atoms with Crippen molar-refractivity contribution >= 4 is 11.6 Å². The van der Waals surface area contributed by atoms with E-state index in [0.29, 0.717) is 34.6 Å². The molecule has 3 heteroatoms. The number of benzene rings is 2. The summed E-state index contributed by atoms with van der Waals surface area (Å²) in [6, 6.07) is 10.4. The van der Waals surface area contributed by atoms with Crippen molar-refractivity contribution in [3.8, 4) is 5.75 Å². The van der Waals surface area contributed by atoms with Gasteiger partial charge in [-0.05, 0) is 18.6 Å². The van der Waals surface area contributed by atoms with E-state index in [0.717, 1.165) is 5.56 Å². The second kappa shape index (κ2) is 5.02. The first kappa shape index (κ1) is 13.3. The molecule has 2 aromatic carbocycles. The highest BCUT2D eigenvalue weighted by Gasteiger charge is 2.32. The fourth-order valence-corrected chi connectivity index (χ4v) is 2.59. The summed E-state index contributed by atoms with van der Waals surface area (Å²) in [4.78, 5) is 25.3. The lowest BCUT2D eigenvalue weighted by Crippen LogP contribution is -2.22. The number of hydrogen-bond acceptors (Lipinski definition) is 3. The first-order chi connectivity index (χ1) is 10.1. The van der Waals surface area contributed by atoms with Crippen molar-refractivity contribution in [2.24, 2.45) is 0 Å². The van der Waals surface area contributed by atoms with Crippen LogP contribution in [0.25, 0.3) is 0 Å². The number of ether oxygens (including phenoxy) is 1. The van der Waals surface area contributed by atoms with Crippen LogP contribution < -0.4 is 4.74 Å². The minimum Gasteiger partial charge on any atom is -0.488 e. The predicted molar refractivity (Wildman–Crippen MR) is 80.2 cm³/mol. The maximum Gasteiger partial charge on any atom is 0.198 e. The molecular weight excluding hydrogens is 264 g/mol. The molecule has 0 N–H and O–H groups in total. The van der Waals surface area contributed by atoms with Crippen LogP contribution in [-0.4, -0.2) is 18.2 Å². The van der Waals surface area contributed by atoms with Crippen molar-refractivity contribution in [1.29, 1.82) is 0 Å². The van der Waals surface area contributed by atoms with Gasteiger partial charge in [-0.1, -0.05) is 43.0 Å². The molecule has 1 aliphatic carbocycles. The third-order valence-electron chi connectivity index (χ3n) is 3.59. The molecule has 21 heavy (non-hydrogen) atoms. The lowest BCUT2D eigenvalue weighted by Gasteiger charge is -2.21. The van der Waals surface area contributed by atoms with Gasteiger partial charge in [0.05, 0.1) is 5.56 Å². The SMILES string of the molecule is C=CCOc1c(C)ccc2c1C(=O)c1ccccc1C2=O. The van der Waals surface area contributed by atoms with Gasteiger partial charge in [0.25, 0.3) is 0 Å². The Kier molecular flexibility index (Phi) is 3.18. The van der Waals surface area contributed by atoms with Crippen LogP contribution in [0, 0.1) is 6.92 Å². The summed E-state index contributed by atoms with van der Waals surface area (Å²) in [5, 5.41) is 0. The maximum absolute atomic E-state index is 12.7. The smallest absolute Gasteiger partial charge is 0.198 e. The molecule has 0 aromatic heterocycles. The minimum absolute atomic E-state index is 0.136. The molecule has 0 aliphatic heterocycles. The summed E-state index contributed by atoms with van der Waals surface area (Å²) >= 11 is 0. The molecule has 0 amide bonds. The van der Waals surface area contributed by atoms with Crippen LogP contribution in [0.2, 0.25) is 0 Å². The highest BCUT2D eigenvalue weighted by Crippen LogP contribution is 2.35. The Bertz CT molecular complexity index is 772. The van der Waals surface area contributed by atoms with Crippen molar-refractivity contribution in [3.63, 3.8) is 0 Å². The standard InChI is InChI=1S/C18H14O3/c1-3-10-21-18-11(2)8-9-14-15(18)17(20)13-7-5-4-6-12(13)16(14)19/h3-9H,1,10H2,2H3. The van der Waals surface area contributed by atoms with Crippen LogP contribution in [0.3, 0.4) is 0 Å². The fourth-order valence-electron chi connectivity index (χ4n) is 2.59. The zero-order valence-corrected chi connectivity index (χ0v) is 11.7. The predicted octanol–water partition coefficient (Wildman–Crippen LogP) is 3.34. The third kappa shape index (κ3) is 1.98. The monoisotopic (exact) mass is 278 g/mol. The molecule has 0 spiro atoms. The average Bonchev–Trinajstić information content (AvgIpc) is 2.51. The highest BCUT2D eigenvalue weighted by atomic mass is 16.5. The number of hydrogen-bond donors (Lipinski definition) is 0. The lowest BCUT2D eigenvalue weighted by atomic mass is 9.83. The van der Waals surface area contributed by atoms with Crippen molar-refractivity contribution in [2.75, 3.05) is 6.61 Å². The largest absolute Gasteiger partial charge is 0.488 e. The summed E-state index contributed by atoms with van der Waals surface area (Å²) in [7, 11) is 0. The van der Waals surface area contributed by atoms with E-state index in [2.05, 4.69) is 6.58 Å². The van der Waals surface area contributed by atoms with Gasteiger partial charge in [0.2, 0.25) is 0 Å². The van der Waals surface area contributed by atoms with Crippen LogP contribution in [0.1, 0.15) is 37.4 Å². The van der Waals surface area contributed by atoms with E-state index < -0.39 is 0 Å². The van der Waals surface area contributed by atoms with Crippen LogP contribution in [-0.2, 0) is 0 Å². The summed E-state index contributed by atoms with van der Waals surface area (Å²) < 4.78 is 5.63. The van der Waals surface area contributed by atoms with Gasteiger partial charge in [0, 0.05) is 16.7 Å². The molecule has 0 bridgehead atoms. The molecule has 0 atom stereocenters. The van der Waals surface area contributed by atoms with Gasteiger partial charge >= 0.3 is 0 Å². The molecule has 3 rings (SSSR count). The first-order valence-electron chi connectivity index (χ1n) is 6.71. The molecule has 0 unspecified atom stereocenters. The Balaban J connectivity index is 2.25. The number of carbonyl (C=O) groups is 2. The van der Waals surface area contributed by atoms with E-state index in [1.54, 1.807) is 42.5 Å². The number of aryl methyl sites for hydroxylation is 1. The van der Waals surface area contributed by atoms with Crippen molar-refractivity contribution < 1.29 is 14.3 Å². The average molecular weight is 278 g/mol. The number of fused-ring (bicyclic) bond motifs is 2. The van der Waals surface area contributed by atoms with Crippen LogP contribution in [0.4, 0.5) is 0 Å². The summed E-state index contributed by atoms with van der Waals surface area (Å²) in [6.45, 7) is 5.76. The Morgan fingerprint density at radius 3 is 2.33 bits per heavy atom. The lowest BCUT2D eigenvalue weighted by molar-refractivity contribution is 0.0976. The molecule has 0 saturated heterocycles. The Morgan fingerprint density at radius 2 is 1.67 bits per heavy atom. The molecule has 0 radical (unpaired) electrons. The fraction of sp³-hybridized carbons (Fsp3) is 0.111. The zero-order chi connectivity index (χ0) is 15.0. The number of carbonyl (C=O) groups excluding carboxylic acids is 2. The summed E-state index contributed by atoms with van der Waals surface area (Å²) in [5.41, 5.74) is 2.48. The molecule has 1 aliphatic rings. The zero-order valence-electron chi connectivity index (χ0n) is 11.7. The van der Waals surface area contributed by atoms with Gasteiger partial charge in [-0.3, -0.25) is 9.59 Å². The molecule has 104 valence electrons. The van der Waals surface area contributed by atoms with Gasteiger partial charge in [-0.2, -0.15) is 0 Å². The highest BCUT2D eigenvalue weighted by molar-refractivity contribution is 6.29. The third-order valence-corrected chi connectivity index (χ3v) is 3.59. The van der Waals surface area contributed by atoms with Gasteiger partial charge < -0.3 is 4.74 Å². The molecule has 2 aromatic rings. The molecule has 0 heterocycles. The van der Waals surface area contributed by atoms with Gasteiger partial charge in [0.1, 0.15) is 12.4 Å². The first-order valence-corrected chi connectivity index (χ1v) is 6.71. The Hall–Kier alpha value is -2.68. The second-order valence-electron chi connectivity index (χ2n) is 4.94. The van der Waals surface area contributed by atoms with Crippen molar-refractivity contribution in [1.82, 2.24) is 0 Å². The van der Waals surface area contributed by atoms with E-state index in [1.165, 1.54) is 0 Å². The normalized spacial score (nSPS) is 12.6. The maximum atomic E-state index is 12.7. The Labute approximate surface area is 122 Å².